The fourth-order valence-electron chi connectivity index (χ4n) is 2.58. The van der Waals surface area contributed by atoms with Gasteiger partial charge in [-0.2, -0.15) is 0 Å². The van der Waals surface area contributed by atoms with Crippen LogP contribution in [-0.2, 0) is 0 Å². The molecule has 1 N–H and O–H groups in total. The molecule has 25 heavy (non-hydrogen) atoms. The molecule has 0 saturated heterocycles. The van der Waals surface area contributed by atoms with E-state index in [1.54, 1.807) is 24.3 Å². The molecule has 5 nitrogen and oxygen atoms in total. The summed E-state index contributed by atoms with van der Waals surface area (Å²) in [6, 6.07) is 10.5. The largest absolute Gasteiger partial charge is 0.422 e. The lowest BCUT2D eigenvalue weighted by Gasteiger charge is -2.04. The van der Waals surface area contributed by atoms with Crippen molar-refractivity contribution in [3.63, 3.8) is 0 Å². The predicted molar refractivity (Wildman–Crippen MR) is 99.8 cm³/mol. The van der Waals surface area contributed by atoms with Crippen molar-refractivity contribution in [2.24, 2.45) is 0 Å². The maximum absolute atomic E-state index is 12.5. The average Bonchev–Trinajstić information content (AvgIpc) is 3.04. The van der Waals surface area contributed by atoms with E-state index in [1.807, 2.05) is 19.1 Å². The van der Waals surface area contributed by atoms with Crippen LogP contribution >= 0.6 is 22.9 Å². The van der Waals surface area contributed by atoms with Gasteiger partial charge in [-0.05, 0) is 37.3 Å². The Morgan fingerprint density at radius 1 is 1.24 bits per heavy atom. The van der Waals surface area contributed by atoms with E-state index in [-0.39, 0.29) is 11.1 Å². The zero-order chi connectivity index (χ0) is 17.6. The maximum atomic E-state index is 12.5. The van der Waals surface area contributed by atoms with Crippen molar-refractivity contribution in [3.05, 3.63) is 68.6 Å². The number of amides is 1. The van der Waals surface area contributed by atoms with Gasteiger partial charge in [0.25, 0.3) is 5.91 Å². The van der Waals surface area contributed by atoms with Crippen molar-refractivity contribution in [1.82, 2.24) is 4.98 Å². The first-order valence-electron chi connectivity index (χ1n) is 7.42. The molecule has 0 aliphatic rings. The van der Waals surface area contributed by atoms with Gasteiger partial charge in [-0.1, -0.05) is 23.2 Å². The number of nitrogens with one attached hydrogen (secondary N) is 1. The Morgan fingerprint density at radius 2 is 2.08 bits per heavy atom. The number of aryl methyl sites for hydroxylation is 1. The lowest BCUT2D eigenvalue weighted by Crippen LogP contribution is -2.10. The molecule has 124 valence electrons. The van der Waals surface area contributed by atoms with Crippen LogP contribution in [0, 0.1) is 6.92 Å². The summed E-state index contributed by atoms with van der Waals surface area (Å²) in [6.07, 6.45) is 1.54. The average molecular weight is 371 g/mol. The van der Waals surface area contributed by atoms with Crippen LogP contribution in [0.5, 0.6) is 0 Å². The summed E-state index contributed by atoms with van der Waals surface area (Å²) in [7, 11) is 0. The highest BCUT2D eigenvalue weighted by Gasteiger charge is 2.17. The summed E-state index contributed by atoms with van der Waals surface area (Å²) in [5.74, 6) is -0.351. The molecular weight excluding hydrogens is 360 g/mol. The van der Waals surface area contributed by atoms with Crippen LogP contribution in [0.15, 0.2) is 51.8 Å². The first-order valence-corrected chi connectivity index (χ1v) is 8.61. The minimum atomic E-state index is -0.457. The van der Waals surface area contributed by atoms with E-state index in [9.17, 15) is 9.59 Å². The number of fused-ring (bicyclic) bond motifs is 3. The number of pyridine rings is 1. The van der Waals surface area contributed by atoms with Gasteiger partial charge in [0, 0.05) is 11.6 Å². The van der Waals surface area contributed by atoms with Crippen LogP contribution in [0.1, 0.15) is 15.2 Å². The molecule has 4 aromatic rings. The number of hydrogen-bond acceptors (Lipinski definition) is 5. The lowest BCUT2D eigenvalue weighted by molar-refractivity contribution is 0.103. The first-order chi connectivity index (χ1) is 12.0. The van der Waals surface area contributed by atoms with Crippen LogP contribution in [-0.4, -0.2) is 10.9 Å². The number of hydrogen-bond donors (Lipinski definition) is 1. The number of halogens is 1. The number of benzene rings is 1. The minimum absolute atomic E-state index is 0.206. The second kappa shape index (κ2) is 5.98. The Labute approximate surface area is 150 Å². The van der Waals surface area contributed by atoms with E-state index in [0.29, 0.717) is 21.5 Å². The monoisotopic (exact) mass is 370 g/mol. The summed E-state index contributed by atoms with van der Waals surface area (Å²) in [6.45, 7) is 1.96. The van der Waals surface area contributed by atoms with Crippen molar-refractivity contribution in [3.8, 4) is 0 Å². The van der Waals surface area contributed by atoms with Gasteiger partial charge in [0.2, 0.25) is 0 Å². The van der Waals surface area contributed by atoms with Gasteiger partial charge >= 0.3 is 5.63 Å². The molecule has 4 rings (SSSR count). The number of thiophene rings is 1. The fourth-order valence-corrected chi connectivity index (χ4v) is 3.81. The first kappa shape index (κ1) is 15.8. The van der Waals surface area contributed by atoms with Crippen molar-refractivity contribution < 1.29 is 9.21 Å². The summed E-state index contributed by atoms with van der Waals surface area (Å²) in [4.78, 5) is 29.1. The SMILES string of the molecule is Cc1ccc2oc(=O)c3cc(C(=O)Nc4cccnc4Cl)sc3c2c1. The standard InChI is InChI=1S/C18H11ClN2O3S/c1-9-4-5-13-10(7-9)15-11(18(23)24-13)8-14(25-15)17(22)21-12-3-2-6-20-16(12)19/h2-8H,1H3,(H,21,22). The number of nitrogens with zero attached hydrogens (tertiary/aromatic N) is 1. The smallest absolute Gasteiger partial charge is 0.345 e. The summed E-state index contributed by atoms with van der Waals surface area (Å²) in [5.41, 5.74) is 1.51. The normalized spacial score (nSPS) is 11.1. The molecule has 3 heterocycles. The maximum Gasteiger partial charge on any atom is 0.345 e. The molecule has 0 unspecified atom stereocenters. The van der Waals surface area contributed by atoms with Crippen molar-refractivity contribution in [2.45, 2.75) is 6.92 Å². The van der Waals surface area contributed by atoms with E-state index in [1.165, 1.54) is 17.5 Å². The molecule has 0 saturated carbocycles. The van der Waals surface area contributed by atoms with Crippen LogP contribution in [0.3, 0.4) is 0 Å². The molecular formula is C18H11ClN2O3S. The van der Waals surface area contributed by atoms with Gasteiger partial charge in [0.1, 0.15) is 5.58 Å². The van der Waals surface area contributed by atoms with Gasteiger partial charge in [-0.15, -0.1) is 11.3 Å². The number of anilines is 1. The number of aromatic nitrogens is 1. The Balaban J connectivity index is 1.83. The quantitative estimate of drug-likeness (QED) is 0.413. The van der Waals surface area contributed by atoms with Crippen molar-refractivity contribution in [1.29, 1.82) is 0 Å². The molecule has 1 aromatic carbocycles. The Kier molecular flexibility index (Phi) is 3.78. The number of carbonyl (C=O) groups excluding carboxylic acids is 1. The van der Waals surface area contributed by atoms with E-state index in [4.69, 9.17) is 16.0 Å². The van der Waals surface area contributed by atoms with Crippen LogP contribution in [0.4, 0.5) is 5.69 Å². The van der Waals surface area contributed by atoms with Gasteiger partial charge in [0.15, 0.2) is 5.15 Å². The number of carbonyl (C=O) groups is 1. The van der Waals surface area contributed by atoms with Gasteiger partial charge in [-0.3, -0.25) is 4.79 Å². The topological polar surface area (TPSA) is 72.2 Å². The molecule has 0 fully saturated rings. The highest BCUT2D eigenvalue weighted by molar-refractivity contribution is 7.21. The molecule has 3 aromatic heterocycles. The highest BCUT2D eigenvalue weighted by Crippen LogP contribution is 2.31. The summed E-state index contributed by atoms with van der Waals surface area (Å²) in [5, 5.41) is 4.13. The fraction of sp³-hybridized carbons (Fsp3) is 0.0556. The van der Waals surface area contributed by atoms with Gasteiger partial charge < -0.3 is 9.73 Å². The Morgan fingerprint density at radius 3 is 2.88 bits per heavy atom. The van der Waals surface area contributed by atoms with E-state index in [0.717, 1.165) is 15.6 Å². The third kappa shape index (κ3) is 2.79. The zero-order valence-corrected chi connectivity index (χ0v) is 14.6. The Hall–Kier alpha value is -2.70. The van der Waals surface area contributed by atoms with E-state index >= 15 is 0 Å². The van der Waals surface area contributed by atoms with E-state index < -0.39 is 5.63 Å². The van der Waals surface area contributed by atoms with Crippen molar-refractivity contribution in [2.75, 3.05) is 5.32 Å². The van der Waals surface area contributed by atoms with Crippen LogP contribution in [0.2, 0.25) is 5.15 Å². The summed E-state index contributed by atoms with van der Waals surface area (Å²) < 4.78 is 6.08. The third-order valence-electron chi connectivity index (χ3n) is 3.77. The van der Waals surface area contributed by atoms with Crippen LogP contribution in [0.25, 0.3) is 21.1 Å². The van der Waals surface area contributed by atoms with Gasteiger partial charge in [0.05, 0.1) is 20.7 Å². The minimum Gasteiger partial charge on any atom is -0.422 e. The zero-order valence-electron chi connectivity index (χ0n) is 13.0. The molecule has 0 radical (unpaired) electrons. The number of rotatable bonds is 2. The lowest BCUT2D eigenvalue weighted by atomic mass is 10.1. The molecule has 1 amide bonds. The van der Waals surface area contributed by atoms with Gasteiger partial charge in [-0.25, -0.2) is 9.78 Å². The highest BCUT2D eigenvalue weighted by atomic mass is 35.5. The Bertz CT molecular complexity index is 1200. The molecule has 7 heteroatoms. The second-order valence-electron chi connectivity index (χ2n) is 5.54. The molecule has 0 bridgehead atoms. The van der Waals surface area contributed by atoms with Crippen molar-refractivity contribution >= 4 is 55.6 Å². The van der Waals surface area contributed by atoms with Crippen LogP contribution < -0.4 is 10.9 Å². The molecule has 0 spiro atoms. The predicted octanol–water partition coefficient (Wildman–Crippen LogP) is 4.62. The molecule has 0 aliphatic heterocycles. The van der Waals surface area contributed by atoms with E-state index in [2.05, 4.69) is 10.3 Å². The third-order valence-corrected chi connectivity index (χ3v) is 5.23. The molecule has 0 aliphatic carbocycles. The second-order valence-corrected chi connectivity index (χ2v) is 6.95. The summed E-state index contributed by atoms with van der Waals surface area (Å²) >= 11 is 7.22. The molecule has 0 atom stereocenters.